The van der Waals surface area contributed by atoms with E-state index in [1.165, 1.54) is 12.1 Å². The fourth-order valence-corrected chi connectivity index (χ4v) is 4.52. The number of sulfonamides is 1. The summed E-state index contributed by atoms with van der Waals surface area (Å²) >= 11 is 0. The summed E-state index contributed by atoms with van der Waals surface area (Å²) in [6, 6.07) is 6.15. The van der Waals surface area contributed by atoms with Crippen molar-refractivity contribution in [3.05, 3.63) is 29.8 Å². The Hall–Kier alpha value is -1.89. The summed E-state index contributed by atoms with van der Waals surface area (Å²) in [7, 11) is -3.81. The lowest BCUT2D eigenvalue weighted by Crippen LogP contribution is -2.39. The Bertz CT molecular complexity index is 708. The van der Waals surface area contributed by atoms with Crippen LogP contribution in [-0.4, -0.2) is 49.1 Å². The molecule has 0 radical (unpaired) electrons. The second kappa shape index (κ2) is 5.72. The van der Waals surface area contributed by atoms with Gasteiger partial charge in [-0.25, -0.2) is 12.7 Å². The molecule has 0 aliphatic carbocycles. The molecule has 0 atom stereocenters. The van der Waals surface area contributed by atoms with Crippen molar-refractivity contribution < 1.29 is 18.0 Å². The van der Waals surface area contributed by atoms with Gasteiger partial charge in [-0.15, -0.1) is 0 Å². The van der Waals surface area contributed by atoms with Crippen LogP contribution >= 0.6 is 0 Å². The first kappa shape index (κ1) is 15.0. The number of hydrogen-bond donors (Lipinski definition) is 0. The van der Waals surface area contributed by atoms with E-state index in [0.29, 0.717) is 0 Å². The molecule has 22 heavy (non-hydrogen) atoms. The number of carbonyl (C=O) groups excluding carboxylic acids is 2. The number of fused-ring (bicyclic) bond motifs is 1. The van der Waals surface area contributed by atoms with E-state index in [2.05, 4.69) is 0 Å². The topological polar surface area (TPSA) is 74.8 Å². The molecule has 0 bridgehead atoms. The summed E-state index contributed by atoms with van der Waals surface area (Å²) in [4.78, 5) is 26.1. The zero-order chi connectivity index (χ0) is 15.7. The van der Waals surface area contributed by atoms with Crippen LogP contribution in [-0.2, 0) is 14.8 Å². The normalized spacial score (nSPS) is 20.1. The molecule has 2 aliphatic heterocycles. The van der Waals surface area contributed by atoms with E-state index in [1.807, 2.05) is 0 Å². The molecule has 2 amide bonds. The monoisotopic (exact) mass is 322 g/mol. The second-order valence-electron chi connectivity index (χ2n) is 5.57. The van der Waals surface area contributed by atoms with Crippen LogP contribution in [0.3, 0.4) is 0 Å². The van der Waals surface area contributed by atoms with Gasteiger partial charge in [-0.05, 0) is 31.4 Å². The SMILES string of the molecule is O=C(CCN1C(=O)c2ccccc2S1(=O)=O)N1CCCCC1. The summed E-state index contributed by atoms with van der Waals surface area (Å²) in [6.45, 7) is 1.35. The highest BCUT2D eigenvalue weighted by molar-refractivity contribution is 7.90. The largest absolute Gasteiger partial charge is 0.343 e. The Morgan fingerprint density at radius 2 is 1.77 bits per heavy atom. The zero-order valence-corrected chi connectivity index (χ0v) is 13.0. The van der Waals surface area contributed by atoms with Crippen molar-refractivity contribution in [2.75, 3.05) is 19.6 Å². The Balaban J connectivity index is 1.71. The highest BCUT2D eigenvalue weighted by atomic mass is 32.2. The molecule has 1 aromatic rings. The number of likely N-dealkylation sites (tertiary alicyclic amines) is 1. The molecular formula is C15H18N2O4S. The van der Waals surface area contributed by atoms with Crippen LogP contribution in [0.25, 0.3) is 0 Å². The summed E-state index contributed by atoms with van der Waals surface area (Å²) in [5.74, 6) is -0.624. The molecule has 2 aliphatic rings. The lowest BCUT2D eigenvalue weighted by molar-refractivity contribution is -0.132. The fraction of sp³-hybridized carbons (Fsp3) is 0.467. The molecule has 0 saturated carbocycles. The van der Waals surface area contributed by atoms with Crippen molar-refractivity contribution in [1.29, 1.82) is 0 Å². The van der Waals surface area contributed by atoms with E-state index >= 15 is 0 Å². The minimum absolute atomic E-state index is 0.0328. The zero-order valence-electron chi connectivity index (χ0n) is 12.2. The van der Waals surface area contributed by atoms with Gasteiger partial charge in [0.15, 0.2) is 0 Å². The molecule has 0 unspecified atom stereocenters. The fourth-order valence-electron chi connectivity index (χ4n) is 2.95. The van der Waals surface area contributed by atoms with Crippen LogP contribution in [0.1, 0.15) is 36.0 Å². The number of rotatable bonds is 3. The van der Waals surface area contributed by atoms with Gasteiger partial charge in [0.05, 0.1) is 5.56 Å². The van der Waals surface area contributed by atoms with Gasteiger partial charge in [0, 0.05) is 26.1 Å². The second-order valence-corrected chi connectivity index (χ2v) is 7.40. The highest BCUT2D eigenvalue weighted by Crippen LogP contribution is 2.29. The summed E-state index contributed by atoms with van der Waals surface area (Å²) in [6.07, 6.45) is 3.13. The van der Waals surface area contributed by atoms with Crippen molar-refractivity contribution in [1.82, 2.24) is 9.21 Å². The van der Waals surface area contributed by atoms with E-state index in [1.54, 1.807) is 17.0 Å². The van der Waals surface area contributed by atoms with E-state index in [-0.39, 0.29) is 29.3 Å². The van der Waals surface area contributed by atoms with Gasteiger partial charge in [-0.2, -0.15) is 0 Å². The van der Waals surface area contributed by atoms with Crippen LogP contribution in [0, 0.1) is 0 Å². The Morgan fingerprint density at radius 1 is 1.09 bits per heavy atom. The Morgan fingerprint density at radius 3 is 2.45 bits per heavy atom. The molecule has 0 N–H and O–H groups in total. The molecule has 118 valence electrons. The highest BCUT2D eigenvalue weighted by Gasteiger charge is 2.40. The molecule has 7 heteroatoms. The third-order valence-electron chi connectivity index (χ3n) is 4.15. The molecule has 3 rings (SSSR count). The summed E-state index contributed by atoms with van der Waals surface area (Å²) in [5, 5.41) is 0. The molecule has 2 heterocycles. The van der Waals surface area contributed by atoms with Crippen LogP contribution in [0.5, 0.6) is 0 Å². The van der Waals surface area contributed by atoms with Crippen LogP contribution in [0.2, 0.25) is 0 Å². The number of piperidine rings is 1. The van der Waals surface area contributed by atoms with Crippen LogP contribution in [0.4, 0.5) is 0 Å². The number of benzene rings is 1. The lowest BCUT2D eigenvalue weighted by atomic mass is 10.1. The molecule has 0 spiro atoms. The van der Waals surface area contributed by atoms with Gasteiger partial charge in [-0.1, -0.05) is 12.1 Å². The molecule has 1 saturated heterocycles. The van der Waals surface area contributed by atoms with E-state index in [9.17, 15) is 18.0 Å². The third-order valence-corrected chi connectivity index (χ3v) is 5.99. The maximum atomic E-state index is 12.4. The first-order valence-corrected chi connectivity index (χ1v) is 8.90. The standard InChI is InChI=1S/C15H18N2O4S/c18-14(16-9-4-1-5-10-16)8-11-17-15(19)12-6-2-3-7-13(12)22(17,20)21/h2-3,6-7H,1,4-5,8-11H2. The van der Waals surface area contributed by atoms with Crippen LogP contribution < -0.4 is 0 Å². The Kier molecular flexibility index (Phi) is 3.90. The van der Waals surface area contributed by atoms with E-state index in [0.717, 1.165) is 36.7 Å². The number of nitrogens with zero attached hydrogens (tertiary/aromatic N) is 2. The van der Waals surface area contributed by atoms with E-state index < -0.39 is 15.9 Å². The van der Waals surface area contributed by atoms with Crippen molar-refractivity contribution in [3.63, 3.8) is 0 Å². The summed E-state index contributed by atoms with van der Waals surface area (Å²) in [5.41, 5.74) is 0.188. The Labute approximate surface area is 129 Å². The molecular weight excluding hydrogens is 304 g/mol. The van der Waals surface area contributed by atoms with Gasteiger partial charge in [0.2, 0.25) is 5.91 Å². The predicted molar refractivity (Wildman–Crippen MR) is 79.7 cm³/mol. The molecule has 0 aromatic heterocycles. The minimum Gasteiger partial charge on any atom is -0.343 e. The smallest absolute Gasteiger partial charge is 0.269 e. The lowest BCUT2D eigenvalue weighted by Gasteiger charge is -2.27. The third kappa shape index (κ3) is 2.49. The number of amides is 2. The van der Waals surface area contributed by atoms with Gasteiger partial charge in [0.25, 0.3) is 15.9 Å². The van der Waals surface area contributed by atoms with Gasteiger partial charge in [-0.3, -0.25) is 9.59 Å². The van der Waals surface area contributed by atoms with Crippen molar-refractivity contribution in [2.24, 2.45) is 0 Å². The maximum Gasteiger partial charge on any atom is 0.269 e. The first-order chi connectivity index (χ1) is 10.5. The maximum absolute atomic E-state index is 12.4. The molecule has 6 nitrogen and oxygen atoms in total. The quantitative estimate of drug-likeness (QED) is 0.839. The van der Waals surface area contributed by atoms with E-state index in [4.69, 9.17) is 0 Å². The van der Waals surface area contributed by atoms with Crippen molar-refractivity contribution in [3.8, 4) is 0 Å². The minimum atomic E-state index is -3.81. The van der Waals surface area contributed by atoms with Crippen LogP contribution in [0.15, 0.2) is 29.2 Å². The number of hydrogen-bond acceptors (Lipinski definition) is 4. The summed E-state index contributed by atoms with van der Waals surface area (Å²) < 4.78 is 25.5. The molecule has 1 aromatic carbocycles. The van der Waals surface area contributed by atoms with Gasteiger partial charge in [0.1, 0.15) is 4.90 Å². The first-order valence-electron chi connectivity index (χ1n) is 7.46. The average Bonchev–Trinajstić information content (AvgIpc) is 2.73. The average molecular weight is 322 g/mol. The van der Waals surface area contributed by atoms with Crippen molar-refractivity contribution in [2.45, 2.75) is 30.6 Å². The van der Waals surface area contributed by atoms with Gasteiger partial charge >= 0.3 is 0 Å². The number of carbonyl (C=O) groups is 2. The van der Waals surface area contributed by atoms with Crippen molar-refractivity contribution >= 4 is 21.8 Å². The predicted octanol–water partition coefficient (Wildman–Crippen LogP) is 1.23. The molecule has 1 fully saturated rings. The van der Waals surface area contributed by atoms with Gasteiger partial charge < -0.3 is 4.90 Å².